The first kappa shape index (κ1) is 9.47. The third-order valence-corrected chi connectivity index (χ3v) is 3.60. The summed E-state index contributed by atoms with van der Waals surface area (Å²) in [6.07, 6.45) is 5.84. The molecule has 2 aliphatic rings. The number of hydrogen-bond acceptors (Lipinski definition) is 2. The van der Waals surface area contributed by atoms with Gasteiger partial charge in [0.1, 0.15) is 0 Å². The van der Waals surface area contributed by atoms with Crippen molar-refractivity contribution in [3.05, 3.63) is 0 Å². The molecule has 0 radical (unpaired) electrons. The molecule has 0 aromatic rings. The minimum Gasteiger partial charge on any atom is -0.390 e. The molecule has 2 saturated heterocycles. The molecular weight excluding hydrogens is 162 g/mol. The largest absolute Gasteiger partial charge is 0.390 e. The molecular formula is C11H21NO. The number of hydrogen-bond donors (Lipinski definition) is 1. The van der Waals surface area contributed by atoms with Gasteiger partial charge in [0.05, 0.1) is 5.60 Å². The summed E-state index contributed by atoms with van der Waals surface area (Å²) in [4.78, 5) is 2.62. The molecule has 2 bridgehead atoms. The molecule has 2 heterocycles. The first-order valence-electron chi connectivity index (χ1n) is 5.60. The van der Waals surface area contributed by atoms with Gasteiger partial charge >= 0.3 is 0 Å². The van der Waals surface area contributed by atoms with E-state index >= 15 is 0 Å². The normalized spacial score (nSPS) is 45.5. The summed E-state index contributed by atoms with van der Waals surface area (Å²) in [6, 6.07) is 1.35. The van der Waals surface area contributed by atoms with E-state index in [2.05, 4.69) is 11.8 Å². The lowest BCUT2D eigenvalue weighted by Gasteiger charge is -2.42. The Bertz CT molecular complexity index is 175. The highest BCUT2D eigenvalue weighted by Gasteiger charge is 2.44. The fourth-order valence-corrected chi connectivity index (χ4v) is 3.18. The zero-order chi connectivity index (χ0) is 9.47. The van der Waals surface area contributed by atoms with Crippen molar-refractivity contribution < 1.29 is 5.11 Å². The number of rotatable bonds is 2. The van der Waals surface area contributed by atoms with E-state index in [4.69, 9.17) is 0 Å². The summed E-state index contributed by atoms with van der Waals surface area (Å²) < 4.78 is 0. The minimum atomic E-state index is -0.379. The zero-order valence-electron chi connectivity index (χ0n) is 8.79. The topological polar surface area (TPSA) is 23.5 Å². The van der Waals surface area contributed by atoms with Gasteiger partial charge in [-0.15, -0.1) is 0 Å². The Balaban J connectivity index is 2.04. The van der Waals surface area contributed by atoms with Crippen LogP contribution in [-0.2, 0) is 0 Å². The lowest BCUT2D eigenvalue weighted by atomic mass is 9.88. The molecule has 2 atom stereocenters. The summed E-state index contributed by atoms with van der Waals surface area (Å²) >= 11 is 0. The second-order valence-corrected chi connectivity index (χ2v) is 5.03. The lowest BCUT2D eigenvalue weighted by Crippen LogP contribution is -2.49. The lowest BCUT2D eigenvalue weighted by molar-refractivity contribution is -0.0381. The third kappa shape index (κ3) is 1.75. The van der Waals surface area contributed by atoms with Crippen molar-refractivity contribution in [2.45, 2.75) is 63.6 Å². The Morgan fingerprint density at radius 1 is 1.31 bits per heavy atom. The Morgan fingerprint density at radius 2 is 1.85 bits per heavy atom. The highest BCUT2D eigenvalue weighted by atomic mass is 16.3. The molecule has 2 aliphatic heterocycles. The number of nitrogens with zero attached hydrogens (tertiary/aromatic N) is 1. The second kappa shape index (κ2) is 3.25. The Morgan fingerprint density at radius 3 is 2.31 bits per heavy atom. The van der Waals surface area contributed by atoms with Crippen molar-refractivity contribution >= 4 is 0 Å². The van der Waals surface area contributed by atoms with Gasteiger partial charge in [0.2, 0.25) is 0 Å². The number of piperidine rings is 1. The molecule has 2 nitrogen and oxygen atoms in total. The molecule has 0 aliphatic carbocycles. The quantitative estimate of drug-likeness (QED) is 0.705. The molecule has 2 fully saturated rings. The fourth-order valence-electron chi connectivity index (χ4n) is 3.18. The van der Waals surface area contributed by atoms with E-state index in [9.17, 15) is 5.11 Å². The Kier molecular flexibility index (Phi) is 2.37. The fraction of sp³-hybridized carbons (Fsp3) is 1.00. The van der Waals surface area contributed by atoms with E-state index < -0.39 is 0 Å². The molecule has 13 heavy (non-hydrogen) atoms. The smallest absolute Gasteiger partial charge is 0.0649 e. The van der Waals surface area contributed by atoms with Gasteiger partial charge in [-0.05, 0) is 45.6 Å². The van der Waals surface area contributed by atoms with E-state index in [0.717, 1.165) is 12.8 Å². The molecule has 2 rings (SSSR count). The SMILES string of the molecule is CCCN1[C@@H]2CC[C@@H]1CC(C)(O)C2. The second-order valence-electron chi connectivity index (χ2n) is 5.03. The van der Waals surface area contributed by atoms with Crippen molar-refractivity contribution in [1.82, 2.24) is 4.90 Å². The monoisotopic (exact) mass is 183 g/mol. The van der Waals surface area contributed by atoms with E-state index in [1.165, 1.54) is 25.8 Å². The van der Waals surface area contributed by atoms with E-state index in [1.807, 2.05) is 6.92 Å². The van der Waals surface area contributed by atoms with Crippen LogP contribution in [0.2, 0.25) is 0 Å². The summed E-state index contributed by atoms with van der Waals surface area (Å²) in [5.74, 6) is 0. The molecule has 76 valence electrons. The highest BCUT2D eigenvalue weighted by Crippen LogP contribution is 2.40. The predicted octanol–water partition coefficient (Wildman–Crippen LogP) is 1.77. The molecule has 0 aromatic heterocycles. The standard InChI is InChI=1S/C11H21NO/c1-3-6-12-9-4-5-10(12)8-11(2,13)7-9/h9-10,13H,3-8H2,1-2H3/t9-,10-/m1/s1. The number of fused-ring (bicyclic) bond motifs is 2. The Labute approximate surface area is 80.9 Å². The predicted molar refractivity (Wildman–Crippen MR) is 53.7 cm³/mol. The molecule has 0 saturated carbocycles. The first-order valence-corrected chi connectivity index (χ1v) is 5.60. The van der Waals surface area contributed by atoms with Gasteiger partial charge in [-0.2, -0.15) is 0 Å². The van der Waals surface area contributed by atoms with Gasteiger partial charge in [-0.1, -0.05) is 6.92 Å². The van der Waals surface area contributed by atoms with Crippen LogP contribution in [0.1, 0.15) is 46.0 Å². The molecule has 2 heteroatoms. The number of aliphatic hydroxyl groups is 1. The summed E-state index contributed by atoms with van der Waals surface area (Å²) in [6.45, 7) is 5.47. The van der Waals surface area contributed by atoms with Crippen LogP contribution in [0.3, 0.4) is 0 Å². The van der Waals surface area contributed by atoms with Crippen LogP contribution in [0.4, 0.5) is 0 Å². The van der Waals surface area contributed by atoms with Crippen LogP contribution >= 0.6 is 0 Å². The van der Waals surface area contributed by atoms with Gasteiger partial charge in [0, 0.05) is 12.1 Å². The first-order chi connectivity index (χ1) is 6.12. The molecule has 0 spiro atoms. The van der Waals surface area contributed by atoms with Crippen LogP contribution < -0.4 is 0 Å². The summed E-state index contributed by atoms with van der Waals surface area (Å²) in [7, 11) is 0. The minimum absolute atomic E-state index is 0.379. The zero-order valence-corrected chi connectivity index (χ0v) is 8.79. The van der Waals surface area contributed by atoms with Crippen LogP contribution in [0, 0.1) is 0 Å². The summed E-state index contributed by atoms with van der Waals surface area (Å²) in [5, 5.41) is 10.0. The third-order valence-electron chi connectivity index (χ3n) is 3.60. The van der Waals surface area contributed by atoms with E-state index in [1.54, 1.807) is 0 Å². The van der Waals surface area contributed by atoms with Gasteiger partial charge in [0.25, 0.3) is 0 Å². The molecule has 0 unspecified atom stereocenters. The van der Waals surface area contributed by atoms with Crippen LogP contribution in [-0.4, -0.2) is 34.2 Å². The van der Waals surface area contributed by atoms with Crippen molar-refractivity contribution in [3.63, 3.8) is 0 Å². The molecule has 1 N–H and O–H groups in total. The van der Waals surface area contributed by atoms with Gasteiger partial charge < -0.3 is 5.11 Å². The van der Waals surface area contributed by atoms with E-state index in [-0.39, 0.29) is 5.60 Å². The highest BCUT2D eigenvalue weighted by molar-refractivity contribution is 4.99. The van der Waals surface area contributed by atoms with Crippen molar-refractivity contribution in [1.29, 1.82) is 0 Å². The maximum atomic E-state index is 10.0. The maximum absolute atomic E-state index is 10.0. The van der Waals surface area contributed by atoms with Crippen molar-refractivity contribution in [2.75, 3.05) is 6.54 Å². The average Bonchev–Trinajstić information content (AvgIpc) is 2.31. The average molecular weight is 183 g/mol. The molecule has 0 aromatic carbocycles. The van der Waals surface area contributed by atoms with Crippen LogP contribution in [0.25, 0.3) is 0 Å². The van der Waals surface area contributed by atoms with Crippen LogP contribution in [0.15, 0.2) is 0 Å². The van der Waals surface area contributed by atoms with E-state index in [0.29, 0.717) is 12.1 Å². The van der Waals surface area contributed by atoms with Gasteiger partial charge in [0.15, 0.2) is 0 Å². The van der Waals surface area contributed by atoms with Crippen molar-refractivity contribution in [3.8, 4) is 0 Å². The summed E-state index contributed by atoms with van der Waals surface area (Å²) in [5.41, 5.74) is -0.379. The van der Waals surface area contributed by atoms with Crippen molar-refractivity contribution in [2.24, 2.45) is 0 Å². The van der Waals surface area contributed by atoms with Crippen LogP contribution in [0.5, 0.6) is 0 Å². The Hall–Kier alpha value is -0.0800. The van der Waals surface area contributed by atoms with Gasteiger partial charge in [-0.3, -0.25) is 4.90 Å². The van der Waals surface area contributed by atoms with Gasteiger partial charge in [-0.25, -0.2) is 0 Å². The molecule has 0 amide bonds. The maximum Gasteiger partial charge on any atom is 0.0649 e.